The third-order valence-electron chi connectivity index (χ3n) is 5.85. The second kappa shape index (κ2) is 6.60. The predicted octanol–water partition coefficient (Wildman–Crippen LogP) is 3.16. The van der Waals surface area contributed by atoms with Crippen LogP contribution in [0.4, 0.5) is 5.69 Å². The molecule has 0 unspecified atom stereocenters. The smallest absolute Gasteiger partial charge is 0.237 e. The van der Waals surface area contributed by atoms with E-state index in [1.165, 1.54) is 0 Å². The van der Waals surface area contributed by atoms with Gasteiger partial charge in [0.15, 0.2) is 0 Å². The fourth-order valence-electron chi connectivity index (χ4n) is 4.41. The number of piperidine rings is 1. The first-order chi connectivity index (χ1) is 12.7. The van der Waals surface area contributed by atoms with Gasteiger partial charge in [0.25, 0.3) is 0 Å². The van der Waals surface area contributed by atoms with Gasteiger partial charge in [-0.05, 0) is 37.0 Å². The van der Waals surface area contributed by atoms with Crippen LogP contribution in [0, 0.1) is 0 Å². The molecule has 1 spiro atoms. The van der Waals surface area contributed by atoms with Crippen LogP contribution in [-0.2, 0) is 21.4 Å². The normalized spacial score (nSPS) is 18.3. The highest BCUT2D eigenvalue weighted by molar-refractivity contribution is 6.08. The van der Waals surface area contributed by atoms with Crippen molar-refractivity contribution >= 4 is 17.5 Å². The zero-order valence-electron chi connectivity index (χ0n) is 15.1. The topological polar surface area (TPSA) is 40.6 Å². The van der Waals surface area contributed by atoms with Gasteiger partial charge in [-0.3, -0.25) is 9.59 Å². The minimum absolute atomic E-state index is 0.150. The van der Waals surface area contributed by atoms with Gasteiger partial charge < -0.3 is 9.80 Å². The molecule has 4 nitrogen and oxygen atoms in total. The molecule has 0 aliphatic carbocycles. The molecule has 26 heavy (non-hydrogen) atoms. The molecule has 1 saturated heterocycles. The molecule has 0 radical (unpaired) electrons. The largest absolute Gasteiger partial charge is 0.342 e. The lowest BCUT2D eigenvalue weighted by Gasteiger charge is -2.38. The number of nitrogens with zero attached hydrogens (tertiary/aromatic N) is 2. The van der Waals surface area contributed by atoms with Gasteiger partial charge >= 0.3 is 0 Å². The van der Waals surface area contributed by atoms with E-state index < -0.39 is 5.41 Å². The first-order valence-electron chi connectivity index (χ1n) is 9.39. The minimum atomic E-state index is -0.448. The highest BCUT2D eigenvalue weighted by atomic mass is 16.2. The van der Waals surface area contributed by atoms with Crippen molar-refractivity contribution in [2.24, 2.45) is 0 Å². The molecule has 1 fully saturated rings. The van der Waals surface area contributed by atoms with Crippen molar-refractivity contribution in [1.29, 1.82) is 0 Å². The Morgan fingerprint density at radius 1 is 1.00 bits per heavy atom. The number of likely N-dealkylation sites (tertiary alicyclic amines) is 1. The molecular formula is C22H24N2O2. The van der Waals surface area contributed by atoms with Gasteiger partial charge in [-0.25, -0.2) is 0 Å². The Balaban J connectivity index is 1.51. The Morgan fingerprint density at radius 3 is 2.35 bits per heavy atom. The van der Waals surface area contributed by atoms with Crippen LogP contribution in [0.25, 0.3) is 0 Å². The summed E-state index contributed by atoms with van der Waals surface area (Å²) < 4.78 is 0. The standard InChI is InChI=1S/C22H24N2O2/c1-2-24-19-11-7-6-10-18(19)22(21(24)26)12-14-23(15-13-22)20(25)16-17-8-4-3-5-9-17/h3-11H,2,12-16H2,1H3. The van der Waals surface area contributed by atoms with Gasteiger partial charge in [-0.2, -0.15) is 0 Å². The molecular weight excluding hydrogens is 324 g/mol. The van der Waals surface area contributed by atoms with Crippen molar-refractivity contribution in [2.75, 3.05) is 24.5 Å². The van der Waals surface area contributed by atoms with Crippen LogP contribution in [0.3, 0.4) is 0 Å². The van der Waals surface area contributed by atoms with Crippen molar-refractivity contribution in [3.63, 3.8) is 0 Å². The molecule has 0 N–H and O–H groups in total. The quantitative estimate of drug-likeness (QED) is 0.855. The van der Waals surface area contributed by atoms with Crippen LogP contribution < -0.4 is 4.90 Å². The molecule has 0 bridgehead atoms. The van der Waals surface area contributed by atoms with Gasteiger partial charge in [0.2, 0.25) is 11.8 Å². The van der Waals surface area contributed by atoms with Crippen LogP contribution >= 0.6 is 0 Å². The van der Waals surface area contributed by atoms with Gasteiger partial charge in [0.05, 0.1) is 11.8 Å². The summed E-state index contributed by atoms with van der Waals surface area (Å²) in [6, 6.07) is 18.0. The number of anilines is 1. The number of hydrogen-bond donors (Lipinski definition) is 0. The summed E-state index contributed by atoms with van der Waals surface area (Å²) in [4.78, 5) is 29.6. The Kier molecular flexibility index (Phi) is 4.27. The summed E-state index contributed by atoms with van der Waals surface area (Å²) in [5, 5.41) is 0. The van der Waals surface area contributed by atoms with Gasteiger partial charge in [0, 0.05) is 25.3 Å². The average molecular weight is 348 g/mol. The summed E-state index contributed by atoms with van der Waals surface area (Å²) in [6.07, 6.45) is 1.85. The van der Waals surface area contributed by atoms with E-state index >= 15 is 0 Å². The maximum absolute atomic E-state index is 13.2. The van der Waals surface area contributed by atoms with E-state index in [1.54, 1.807) is 0 Å². The number of hydrogen-bond acceptors (Lipinski definition) is 2. The summed E-state index contributed by atoms with van der Waals surface area (Å²) in [7, 11) is 0. The first kappa shape index (κ1) is 16.8. The van der Waals surface area contributed by atoms with E-state index in [1.807, 2.05) is 65.3 Å². The van der Waals surface area contributed by atoms with E-state index in [4.69, 9.17) is 0 Å². The third-order valence-corrected chi connectivity index (χ3v) is 5.85. The fourth-order valence-corrected chi connectivity index (χ4v) is 4.41. The zero-order valence-corrected chi connectivity index (χ0v) is 15.1. The molecule has 0 saturated carbocycles. The summed E-state index contributed by atoms with van der Waals surface area (Å²) in [5.41, 5.74) is 2.78. The van der Waals surface area contributed by atoms with E-state index in [-0.39, 0.29) is 11.8 Å². The number of para-hydroxylation sites is 1. The molecule has 2 aliphatic rings. The monoisotopic (exact) mass is 348 g/mol. The number of fused-ring (bicyclic) bond motifs is 2. The highest BCUT2D eigenvalue weighted by Crippen LogP contribution is 2.47. The second-order valence-corrected chi connectivity index (χ2v) is 7.19. The number of rotatable bonds is 3. The Hall–Kier alpha value is -2.62. The second-order valence-electron chi connectivity index (χ2n) is 7.19. The van der Waals surface area contributed by atoms with Crippen molar-refractivity contribution in [3.05, 3.63) is 65.7 Å². The summed E-state index contributed by atoms with van der Waals surface area (Å²) in [6.45, 7) is 3.99. The summed E-state index contributed by atoms with van der Waals surface area (Å²) >= 11 is 0. The Labute approximate surface area is 154 Å². The molecule has 0 aromatic heterocycles. The Morgan fingerprint density at radius 2 is 1.65 bits per heavy atom. The van der Waals surface area contributed by atoms with Crippen LogP contribution in [0.5, 0.6) is 0 Å². The van der Waals surface area contributed by atoms with Gasteiger partial charge in [-0.15, -0.1) is 0 Å². The fraction of sp³-hybridized carbons (Fsp3) is 0.364. The van der Waals surface area contributed by atoms with Crippen molar-refractivity contribution in [3.8, 4) is 0 Å². The van der Waals surface area contributed by atoms with E-state index in [9.17, 15) is 9.59 Å². The lowest BCUT2D eigenvalue weighted by Crippen LogP contribution is -2.50. The van der Waals surface area contributed by atoms with Crippen LogP contribution in [0.1, 0.15) is 30.9 Å². The summed E-state index contributed by atoms with van der Waals surface area (Å²) in [5.74, 6) is 0.355. The lowest BCUT2D eigenvalue weighted by molar-refractivity contribution is -0.135. The molecule has 2 aromatic carbocycles. The number of carbonyl (C=O) groups excluding carboxylic acids is 2. The number of likely N-dealkylation sites (N-methyl/N-ethyl adjacent to an activating group) is 1. The first-order valence-corrected chi connectivity index (χ1v) is 9.39. The van der Waals surface area contributed by atoms with Gasteiger partial charge in [0.1, 0.15) is 0 Å². The average Bonchev–Trinajstić information content (AvgIpc) is 2.91. The number of benzene rings is 2. The van der Waals surface area contributed by atoms with Crippen molar-refractivity contribution in [1.82, 2.24) is 4.90 Å². The molecule has 0 atom stereocenters. The molecule has 4 rings (SSSR count). The number of carbonyl (C=O) groups is 2. The highest BCUT2D eigenvalue weighted by Gasteiger charge is 2.51. The zero-order chi connectivity index (χ0) is 18.1. The molecule has 4 heteroatoms. The van der Waals surface area contributed by atoms with E-state index in [0.717, 1.165) is 16.8 Å². The van der Waals surface area contributed by atoms with Crippen LogP contribution in [0.15, 0.2) is 54.6 Å². The molecule has 2 aliphatic heterocycles. The molecule has 134 valence electrons. The maximum Gasteiger partial charge on any atom is 0.237 e. The van der Waals surface area contributed by atoms with Crippen molar-refractivity contribution < 1.29 is 9.59 Å². The Bertz CT molecular complexity index is 823. The minimum Gasteiger partial charge on any atom is -0.342 e. The molecule has 2 amide bonds. The van der Waals surface area contributed by atoms with Crippen molar-refractivity contribution in [2.45, 2.75) is 31.6 Å². The molecule has 2 heterocycles. The molecule has 2 aromatic rings. The van der Waals surface area contributed by atoms with Gasteiger partial charge in [-0.1, -0.05) is 48.5 Å². The predicted molar refractivity (Wildman–Crippen MR) is 102 cm³/mol. The number of amides is 2. The van der Waals surface area contributed by atoms with E-state index in [0.29, 0.717) is 38.9 Å². The SMILES string of the molecule is CCN1C(=O)C2(CCN(C(=O)Cc3ccccc3)CC2)c2ccccc21. The third kappa shape index (κ3) is 2.61. The lowest BCUT2D eigenvalue weighted by atomic mass is 9.73. The maximum atomic E-state index is 13.2. The van der Waals surface area contributed by atoms with E-state index in [2.05, 4.69) is 6.07 Å². The van der Waals surface area contributed by atoms with Crippen LogP contribution in [0.2, 0.25) is 0 Å². The van der Waals surface area contributed by atoms with Crippen LogP contribution in [-0.4, -0.2) is 36.3 Å².